The number of sulfonamides is 1. The van der Waals surface area contributed by atoms with Gasteiger partial charge in [0.2, 0.25) is 10.0 Å². The van der Waals surface area contributed by atoms with Gasteiger partial charge in [-0.1, -0.05) is 6.92 Å². The maximum absolute atomic E-state index is 12.3. The highest BCUT2D eigenvalue weighted by molar-refractivity contribution is 7.91. The zero-order chi connectivity index (χ0) is 15.0. The van der Waals surface area contributed by atoms with E-state index in [1.165, 1.54) is 18.3 Å². The predicted molar refractivity (Wildman–Crippen MR) is 74.4 cm³/mol. The molecule has 2 rings (SSSR count). The van der Waals surface area contributed by atoms with Gasteiger partial charge >= 0.3 is 5.97 Å². The summed E-state index contributed by atoms with van der Waals surface area (Å²) < 4.78 is 32.4. The first-order valence-corrected chi connectivity index (χ1v) is 8.52. The Morgan fingerprint density at radius 3 is 2.85 bits per heavy atom. The highest BCUT2D eigenvalue weighted by Gasteiger charge is 2.48. The Morgan fingerprint density at radius 2 is 2.30 bits per heavy atom. The molecule has 1 aromatic heterocycles. The minimum atomic E-state index is -3.71. The van der Waals surface area contributed by atoms with Gasteiger partial charge in [-0.05, 0) is 25.5 Å². The van der Waals surface area contributed by atoms with E-state index in [1.807, 2.05) is 6.92 Å². The van der Waals surface area contributed by atoms with Gasteiger partial charge in [-0.15, -0.1) is 11.3 Å². The zero-order valence-corrected chi connectivity index (χ0v) is 12.9. The minimum Gasteiger partial charge on any atom is -0.481 e. The molecule has 6 nitrogen and oxygen atoms in total. The van der Waals surface area contributed by atoms with E-state index in [9.17, 15) is 18.3 Å². The number of carboxylic acids is 1. The van der Waals surface area contributed by atoms with Gasteiger partial charge in [-0.25, -0.2) is 13.1 Å². The SMILES string of the molecule is CCc1ccc(S(=O)(=O)NC2COCC2(C)C(=O)O)s1. The lowest BCUT2D eigenvalue weighted by molar-refractivity contribution is -0.148. The molecule has 1 aliphatic rings. The third kappa shape index (κ3) is 2.73. The number of hydrogen-bond acceptors (Lipinski definition) is 5. The summed E-state index contributed by atoms with van der Waals surface area (Å²) in [4.78, 5) is 12.3. The second kappa shape index (κ2) is 5.44. The van der Waals surface area contributed by atoms with Gasteiger partial charge in [-0.3, -0.25) is 4.79 Å². The summed E-state index contributed by atoms with van der Waals surface area (Å²) in [7, 11) is -3.71. The molecular formula is C12H17NO5S2. The summed E-state index contributed by atoms with van der Waals surface area (Å²) in [6.07, 6.45) is 0.763. The summed E-state index contributed by atoms with van der Waals surface area (Å²) in [5, 5.41) is 9.24. The van der Waals surface area contributed by atoms with Crippen molar-refractivity contribution < 1.29 is 23.1 Å². The van der Waals surface area contributed by atoms with Crippen LogP contribution < -0.4 is 4.72 Å². The second-order valence-electron chi connectivity index (χ2n) is 4.99. The Balaban J connectivity index is 2.22. The molecule has 2 atom stereocenters. The molecule has 0 aliphatic carbocycles. The number of aryl methyl sites for hydroxylation is 1. The smallest absolute Gasteiger partial charge is 0.313 e. The van der Waals surface area contributed by atoms with Gasteiger partial charge in [0.1, 0.15) is 9.62 Å². The molecule has 0 aromatic carbocycles. The monoisotopic (exact) mass is 319 g/mol. The van der Waals surface area contributed by atoms with Crippen molar-refractivity contribution in [2.24, 2.45) is 5.41 Å². The normalized spacial score (nSPS) is 26.8. The first-order valence-electron chi connectivity index (χ1n) is 6.22. The van der Waals surface area contributed by atoms with Crippen LogP contribution in [0.15, 0.2) is 16.3 Å². The topological polar surface area (TPSA) is 92.7 Å². The molecule has 112 valence electrons. The molecule has 0 radical (unpaired) electrons. The van der Waals surface area contributed by atoms with Gasteiger partial charge in [0.05, 0.1) is 19.3 Å². The lowest BCUT2D eigenvalue weighted by atomic mass is 9.86. The standard InChI is InChI=1S/C12H17NO5S2/c1-3-8-4-5-10(19-8)20(16,17)13-9-6-18-7-12(9,2)11(14)15/h4-5,9,13H,3,6-7H2,1-2H3,(H,14,15). The van der Waals surface area contributed by atoms with E-state index in [0.29, 0.717) is 0 Å². The Morgan fingerprint density at radius 1 is 1.60 bits per heavy atom. The van der Waals surface area contributed by atoms with Crippen molar-refractivity contribution in [3.63, 3.8) is 0 Å². The molecule has 1 fully saturated rings. The summed E-state index contributed by atoms with van der Waals surface area (Å²) >= 11 is 1.19. The Hall–Kier alpha value is -0.960. The van der Waals surface area contributed by atoms with E-state index in [4.69, 9.17) is 4.74 Å². The average molecular weight is 319 g/mol. The van der Waals surface area contributed by atoms with Gasteiger partial charge in [0.25, 0.3) is 0 Å². The number of ether oxygens (including phenoxy) is 1. The van der Waals surface area contributed by atoms with E-state index in [1.54, 1.807) is 12.1 Å². The van der Waals surface area contributed by atoms with Gasteiger partial charge in [0, 0.05) is 4.88 Å². The third-order valence-corrected chi connectivity index (χ3v) is 6.68. The summed E-state index contributed by atoms with van der Waals surface area (Å²) in [5.74, 6) is -1.07. The molecule has 1 saturated heterocycles. The van der Waals surface area contributed by atoms with Crippen molar-refractivity contribution in [3.05, 3.63) is 17.0 Å². The fraction of sp³-hybridized carbons (Fsp3) is 0.583. The molecule has 2 heterocycles. The quantitative estimate of drug-likeness (QED) is 0.847. The fourth-order valence-corrected chi connectivity index (χ4v) is 4.63. The molecule has 2 unspecified atom stereocenters. The van der Waals surface area contributed by atoms with Gasteiger partial charge in [0.15, 0.2) is 0 Å². The molecule has 0 bridgehead atoms. The number of nitrogens with one attached hydrogen (secondary N) is 1. The van der Waals surface area contributed by atoms with Crippen molar-refractivity contribution in [3.8, 4) is 0 Å². The fourth-order valence-electron chi connectivity index (χ4n) is 1.99. The maximum Gasteiger partial charge on any atom is 0.313 e. The third-order valence-electron chi connectivity index (χ3n) is 3.49. The molecule has 0 saturated carbocycles. The van der Waals surface area contributed by atoms with Crippen molar-refractivity contribution in [2.75, 3.05) is 13.2 Å². The largest absolute Gasteiger partial charge is 0.481 e. The van der Waals surface area contributed by atoms with Crippen LogP contribution in [0.1, 0.15) is 18.7 Å². The number of rotatable bonds is 5. The molecule has 8 heteroatoms. The summed E-state index contributed by atoms with van der Waals surface area (Å²) in [6, 6.07) is 2.54. The van der Waals surface area contributed by atoms with E-state index >= 15 is 0 Å². The molecular weight excluding hydrogens is 302 g/mol. The van der Waals surface area contributed by atoms with E-state index in [0.717, 1.165) is 11.3 Å². The average Bonchev–Trinajstić information content (AvgIpc) is 2.98. The molecule has 1 aromatic rings. The van der Waals surface area contributed by atoms with Crippen LogP contribution in [0.2, 0.25) is 0 Å². The van der Waals surface area contributed by atoms with Crippen LogP contribution in [-0.2, 0) is 26.0 Å². The van der Waals surface area contributed by atoms with Crippen molar-refractivity contribution in [1.29, 1.82) is 0 Å². The predicted octanol–water partition coefficient (Wildman–Crippen LogP) is 1.08. The number of aliphatic carboxylic acids is 1. The molecule has 1 aliphatic heterocycles. The zero-order valence-electron chi connectivity index (χ0n) is 11.3. The van der Waals surface area contributed by atoms with E-state index in [2.05, 4.69) is 4.72 Å². The summed E-state index contributed by atoms with van der Waals surface area (Å²) in [5.41, 5.74) is -1.24. The summed E-state index contributed by atoms with van der Waals surface area (Å²) in [6.45, 7) is 3.50. The Kier molecular flexibility index (Phi) is 4.19. The first-order chi connectivity index (χ1) is 9.29. The van der Waals surface area contributed by atoms with Crippen LogP contribution in [-0.4, -0.2) is 38.7 Å². The van der Waals surface area contributed by atoms with E-state index in [-0.39, 0.29) is 17.4 Å². The lowest BCUT2D eigenvalue weighted by Crippen LogP contribution is -2.49. The van der Waals surface area contributed by atoms with Gasteiger partial charge in [-0.2, -0.15) is 0 Å². The molecule has 0 amide bonds. The Bertz CT molecular complexity index is 609. The van der Waals surface area contributed by atoms with Gasteiger partial charge < -0.3 is 9.84 Å². The molecule has 20 heavy (non-hydrogen) atoms. The van der Waals surface area contributed by atoms with E-state index < -0.39 is 27.4 Å². The number of thiophene rings is 1. The molecule has 2 N–H and O–H groups in total. The van der Waals surface area contributed by atoms with Crippen LogP contribution in [0.3, 0.4) is 0 Å². The van der Waals surface area contributed by atoms with Crippen LogP contribution in [0, 0.1) is 5.41 Å². The van der Waals surface area contributed by atoms with Crippen LogP contribution in [0.5, 0.6) is 0 Å². The first kappa shape index (κ1) is 15.4. The lowest BCUT2D eigenvalue weighted by Gasteiger charge is -2.24. The number of hydrogen-bond donors (Lipinski definition) is 2. The maximum atomic E-state index is 12.3. The minimum absolute atomic E-state index is 0.000169. The van der Waals surface area contributed by atoms with Crippen molar-refractivity contribution in [1.82, 2.24) is 4.72 Å². The van der Waals surface area contributed by atoms with Crippen molar-refractivity contribution in [2.45, 2.75) is 30.5 Å². The highest BCUT2D eigenvalue weighted by atomic mass is 32.2. The number of carboxylic acid groups (broad SMARTS) is 1. The van der Waals surface area contributed by atoms with Crippen LogP contribution >= 0.6 is 11.3 Å². The number of carbonyl (C=O) groups is 1. The second-order valence-corrected chi connectivity index (χ2v) is 8.10. The van der Waals surface area contributed by atoms with Crippen LogP contribution in [0.25, 0.3) is 0 Å². The Labute approximate surface area is 121 Å². The van der Waals surface area contributed by atoms with Crippen LogP contribution in [0.4, 0.5) is 0 Å². The highest BCUT2D eigenvalue weighted by Crippen LogP contribution is 2.31. The van der Waals surface area contributed by atoms with Crippen molar-refractivity contribution >= 4 is 27.3 Å². The molecule has 0 spiro atoms.